The van der Waals surface area contributed by atoms with E-state index in [0.29, 0.717) is 5.56 Å². The number of rotatable bonds is 7. The van der Waals surface area contributed by atoms with Crippen molar-refractivity contribution in [1.29, 1.82) is 0 Å². The smallest absolute Gasteiger partial charge is 0.251 e. The number of aryl methyl sites for hydroxylation is 1. The molecule has 0 aliphatic carbocycles. The second-order valence-electron chi connectivity index (χ2n) is 5.60. The summed E-state index contributed by atoms with van der Waals surface area (Å²) in [6.45, 7) is 3.70. The Balaban J connectivity index is 1.80. The number of thiophene rings is 1. The monoisotopic (exact) mass is 358 g/mol. The molecule has 0 bridgehead atoms. The molecular formula is C19H26N4OS. The number of benzene rings is 1. The maximum absolute atomic E-state index is 11.7. The van der Waals surface area contributed by atoms with Crippen molar-refractivity contribution in [2.45, 2.75) is 26.3 Å². The summed E-state index contributed by atoms with van der Waals surface area (Å²) < 4.78 is 0. The molecule has 0 atom stereocenters. The van der Waals surface area contributed by atoms with Crippen LogP contribution < -0.4 is 16.0 Å². The van der Waals surface area contributed by atoms with Gasteiger partial charge in [-0.1, -0.05) is 19.1 Å². The Labute approximate surface area is 153 Å². The molecule has 0 aliphatic heterocycles. The van der Waals surface area contributed by atoms with Crippen LogP contribution >= 0.6 is 11.3 Å². The zero-order chi connectivity index (χ0) is 18.1. The Morgan fingerprint density at radius 2 is 1.96 bits per heavy atom. The van der Waals surface area contributed by atoms with Crippen LogP contribution in [0.5, 0.6) is 0 Å². The lowest BCUT2D eigenvalue weighted by molar-refractivity contribution is 0.0963. The predicted molar refractivity (Wildman–Crippen MR) is 105 cm³/mol. The normalized spacial score (nSPS) is 11.2. The molecule has 6 heteroatoms. The van der Waals surface area contributed by atoms with Crippen LogP contribution in [0, 0.1) is 0 Å². The van der Waals surface area contributed by atoms with Crippen LogP contribution in [0.3, 0.4) is 0 Å². The van der Waals surface area contributed by atoms with E-state index in [1.165, 1.54) is 9.75 Å². The van der Waals surface area contributed by atoms with Crippen LogP contribution in [0.1, 0.15) is 32.6 Å². The van der Waals surface area contributed by atoms with E-state index >= 15 is 0 Å². The van der Waals surface area contributed by atoms with Crippen molar-refractivity contribution in [3.63, 3.8) is 0 Å². The first-order chi connectivity index (χ1) is 12.2. The van der Waals surface area contributed by atoms with Gasteiger partial charge in [0.25, 0.3) is 5.91 Å². The van der Waals surface area contributed by atoms with Crippen molar-refractivity contribution in [3.05, 3.63) is 57.3 Å². The minimum absolute atomic E-state index is 0.0605. The van der Waals surface area contributed by atoms with Gasteiger partial charge in [-0.05, 0) is 42.7 Å². The third-order valence-electron chi connectivity index (χ3n) is 3.84. The zero-order valence-electron chi connectivity index (χ0n) is 15.1. The Hall–Kier alpha value is -2.34. The van der Waals surface area contributed by atoms with E-state index in [0.717, 1.165) is 37.5 Å². The summed E-state index contributed by atoms with van der Waals surface area (Å²) in [6, 6.07) is 12.0. The molecule has 2 aromatic rings. The quantitative estimate of drug-likeness (QED) is 0.526. The number of aliphatic imine (C=N–C) groups is 1. The number of hydrogen-bond acceptors (Lipinski definition) is 3. The molecule has 0 fully saturated rings. The van der Waals surface area contributed by atoms with E-state index in [-0.39, 0.29) is 5.91 Å². The largest absolute Gasteiger partial charge is 0.356 e. The highest BCUT2D eigenvalue weighted by Crippen LogP contribution is 2.16. The molecule has 134 valence electrons. The fourth-order valence-corrected chi connectivity index (χ4v) is 3.33. The highest BCUT2D eigenvalue weighted by atomic mass is 32.1. The van der Waals surface area contributed by atoms with Crippen molar-refractivity contribution in [2.75, 3.05) is 20.6 Å². The molecule has 3 N–H and O–H groups in total. The van der Waals surface area contributed by atoms with Crippen LogP contribution in [0.2, 0.25) is 0 Å². The third kappa shape index (κ3) is 5.90. The Morgan fingerprint density at radius 3 is 2.64 bits per heavy atom. The van der Waals surface area contributed by atoms with Crippen molar-refractivity contribution in [3.8, 4) is 0 Å². The van der Waals surface area contributed by atoms with E-state index in [4.69, 9.17) is 0 Å². The summed E-state index contributed by atoms with van der Waals surface area (Å²) in [7, 11) is 3.41. The lowest BCUT2D eigenvalue weighted by atomic mass is 10.1. The number of carbonyl (C=O) groups excluding carboxylic acids is 1. The molecule has 0 spiro atoms. The Kier molecular flexibility index (Phi) is 7.47. The lowest BCUT2D eigenvalue weighted by Gasteiger charge is -2.11. The summed E-state index contributed by atoms with van der Waals surface area (Å²) in [6.07, 6.45) is 1.90. The molecule has 0 saturated carbocycles. The third-order valence-corrected chi connectivity index (χ3v) is 5.07. The van der Waals surface area contributed by atoms with Crippen LogP contribution in [0.15, 0.2) is 41.4 Å². The van der Waals surface area contributed by atoms with Gasteiger partial charge in [0.1, 0.15) is 0 Å². The van der Waals surface area contributed by atoms with Gasteiger partial charge in [0.05, 0.1) is 6.54 Å². The molecule has 1 aromatic carbocycles. The number of nitrogens with zero attached hydrogens (tertiary/aromatic N) is 1. The number of guanidine groups is 1. The van der Waals surface area contributed by atoms with Crippen LogP contribution in [0.4, 0.5) is 0 Å². The molecule has 1 aromatic heterocycles. The zero-order valence-corrected chi connectivity index (χ0v) is 15.9. The van der Waals surface area contributed by atoms with Crippen LogP contribution in [0.25, 0.3) is 0 Å². The minimum Gasteiger partial charge on any atom is -0.356 e. The summed E-state index contributed by atoms with van der Waals surface area (Å²) in [5, 5.41) is 9.30. The van der Waals surface area contributed by atoms with Gasteiger partial charge in [0.15, 0.2) is 5.96 Å². The molecule has 25 heavy (non-hydrogen) atoms. The lowest BCUT2D eigenvalue weighted by Crippen LogP contribution is -2.37. The highest BCUT2D eigenvalue weighted by Gasteiger charge is 2.04. The fraction of sp³-hybridized carbons (Fsp3) is 0.368. The van der Waals surface area contributed by atoms with E-state index < -0.39 is 0 Å². The highest BCUT2D eigenvalue weighted by molar-refractivity contribution is 7.11. The number of nitrogens with one attached hydrogen (secondary N) is 3. The first-order valence-electron chi connectivity index (χ1n) is 8.49. The molecule has 1 amide bonds. The van der Waals surface area contributed by atoms with E-state index in [9.17, 15) is 4.79 Å². The maximum atomic E-state index is 11.7. The van der Waals surface area contributed by atoms with Gasteiger partial charge in [0, 0.05) is 36.0 Å². The maximum Gasteiger partial charge on any atom is 0.251 e. The van der Waals surface area contributed by atoms with Gasteiger partial charge in [-0.2, -0.15) is 0 Å². The Morgan fingerprint density at radius 1 is 1.16 bits per heavy atom. The molecule has 0 unspecified atom stereocenters. The average Bonchev–Trinajstić information content (AvgIpc) is 3.12. The molecule has 1 heterocycles. The molecule has 0 radical (unpaired) electrons. The molecule has 5 nitrogen and oxygen atoms in total. The van der Waals surface area contributed by atoms with Gasteiger partial charge in [-0.3, -0.25) is 9.79 Å². The summed E-state index contributed by atoms with van der Waals surface area (Å²) in [5.41, 5.74) is 1.81. The van der Waals surface area contributed by atoms with Gasteiger partial charge >= 0.3 is 0 Å². The van der Waals surface area contributed by atoms with E-state index in [2.05, 4.69) is 40.0 Å². The van der Waals surface area contributed by atoms with E-state index in [1.807, 2.05) is 35.6 Å². The predicted octanol–water partition coefficient (Wildman–Crippen LogP) is 2.58. The number of carbonyl (C=O) groups is 1. The topological polar surface area (TPSA) is 65.5 Å². The average molecular weight is 359 g/mol. The molecular weight excluding hydrogens is 332 g/mol. The van der Waals surface area contributed by atoms with Crippen molar-refractivity contribution >= 4 is 23.2 Å². The standard InChI is InChI=1S/C19H26N4OS/c1-4-16-8-9-17(25-16)13-23-19(21-3)22-11-10-14-6-5-7-15(12-14)18(24)20-2/h5-9,12H,4,10-11,13H2,1-3H3,(H,20,24)(H2,21,22,23). The summed E-state index contributed by atoms with van der Waals surface area (Å²) in [5.74, 6) is 0.726. The minimum atomic E-state index is -0.0605. The second kappa shape index (κ2) is 9.84. The van der Waals surface area contributed by atoms with Crippen LogP contribution in [-0.4, -0.2) is 32.5 Å². The number of hydrogen-bond donors (Lipinski definition) is 3. The number of amides is 1. The first kappa shape index (κ1) is 19.0. The van der Waals surface area contributed by atoms with Crippen molar-refractivity contribution < 1.29 is 4.79 Å². The molecule has 0 saturated heterocycles. The van der Waals surface area contributed by atoms with E-state index in [1.54, 1.807) is 14.1 Å². The van der Waals surface area contributed by atoms with Gasteiger partial charge in [-0.25, -0.2) is 0 Å². The van der Waals surface area contributed by atoms with Gasteiger partial charge < -0.3 is 16.0 Å². The van der Waals surface area contributed by atoms with Crippen LogP contribution in [-0.2, 0) is 19.4 Å². The van der Waals surface area contributed by atoms with Gasteiger partial charge in [0.2, 0.25) is 0 Å². The van der Waals surface area contributed by atoms with Crippen molar-refractivity contribution in [2.24, 2.45) is 4.99 Å². The van der Waals surface area contributed by atoms with Gasteiger partial charge in [-0.15, -0.1) is 11.3 Å². The summed E-state index contributed by atoms with van der Waals surface area (Å²) in [4.78, 5) is 18.6. The fourth-order valence-electron chi connectivity index (χ4n) is 2.44. The van der Waals surface area contributed by atoms with Crippen molar-refractivity contribution in [1.82, 2.24) is 16.0 Å². The summed E-state index contributed by atoms with van der Waals surface area (Å²) >= 11 is 1.83. The Bertz CT molecular complexity index is 724. The first-order valence-corrected chi connectivity index (χ1v) is 9.31. The molecule has 0 aliphatic rings. The second-order valence-corrected chi connectivity index (χ2v) is 6.86. The molecule has 2 rings (SSSR count). The SMILES string of the molecule is CCc1ccc(CNC(=NC)NCCc2cccc(C(=O)NC)c2)s1.